The minimum atomic E-state index is -0.563. The summed E-state index contributed by atoms with van der Waals surface area (Å²) < 4.78 is 4.88. The molecule has 17 heavy (non-hydrogen) atoms. The van der Waals surface area contributed by atoms with Gasteiger partial charge in [0.1, 0.15) is 6.20 Å². The Kier molecular flexibility index (Phi) is 3.03. The highest BCUT2D eigenvalue weighted by Crippen LogP contribution is 2.41. The minimum absolute atomic E-state index is 0.183. The summed E-state index contributed by atoms with van der Waals surface area (Å²) in [5.41, 5.74) is 0.662. The number of hydrogen-bond acceptors (Lipinski definition) is 5. The summed E-state index contributed by atoms with van der Waals surface area (Å²) in [6.07, 6.45) is 3.13. The lowest BCUT2D eigenvalue weighted by atomic mass is 10.1. The topological polar surface area (TPSA) is 82.3 Å². The number of nitrogens with zero attached hydrogens (tertiary/aromatic N) is 2. The molecule has 6 heteroatoms. The first-order chi connectivity index (χ1) is 8.13. The molecule has 1 aliphatic carbocycles. The zero-order valence-electron chi connectivity index (χ0n) is 9.38. The number of pyridine rings is 1. The number of hydrogen-bond donors (Lipinski definition) is 0. The Labute approximate surface area is 97.8 Å². The van der Waals surface area contributed by atoms with Gasteiger partial charge < -0.3 is 4.74 Å². The molecule has 0 radical (unpaired) electrons. The molecule has 1 aromatic rings. The molecular weight excluding hydrogens is 224 g/mol. The lowest BCUT2D eigenvalue weighted by Crippen LogP contribution is -2.10. The summed E-state index contributed by atoms with van der Waals surface area (Å²) in [5.74, 6) is -0.291. The molecule has 2 rings (SSSR count). The lowest BCUT2D eigenvalue weighted by molar-refractivity contribution is -0.385. The molecule has 0 N–H and O–H groups in total. The molecule has 0 aliphatic heterocycles. The fourth-order valence-electron chi connectivity index (χ4n) is 1.62. The summed E-state index contributed by atoms with van der Waals surface area (Å²) in [7, 11) is 0. The summed E-state index contributed by atoms with van der Waals surface area (Å²) in [6.45, 7) is 1.94. The Hall–Kier alpha value is -1.98. The van der Waals surface area contributed by atoms with Gasteiger partial charge in [0.2, 0.25) is 0 Å². The van der Waals surface area contributed by atoms with Crippen molar-refractivity contribution >= 4 is 11.7 Å². The highest BCUT2D eigenvalue weighted by atomic mass is 16.6. The SMILES string of the molecule is CCOC(=O)c1cc([N+](=O)[O-])cnc1C1CC1. The molecule has 1 fully saturated rings. The van der Waals surface area contributed by atoms with E-state index >= 15 is 0 Å². The molecule has 0 spiro atoms. The van der Waals surface area contributed by atoms with Crippen molar-refractivity contribution in [2.45, 2.75) is 25.7 Å². The largest absolute Gasteiger partial charge is 0.462 e. The molecule has 1 aromatic heterocycles. The van der Waals surface area contributed by atoms with Gasteiger partial charge in [-0.3, -0.25) is 15.1 Å². The van der Waals surface area contributed by atoms with Crippen molar-refractivity contribution in [3.63, 3.8) is 0 Å². The average Bonchev–Trinajstić information content (AvgIpc) is 3.12. The van der Waals surface area contributed by atoms with Crippen LogP contribution in [0.15, 0.2) is 12.3 Å². The maximum Gasteiger partial charge on any atom is 0.340 e. The number of rotatable bonds is 4. The van der Waals surface area contributed by atoms with E-state index < -0.39 is 10.9 Å². The molecule has 90 valence electrons. The molecule has 1 heterocycles. The molecule has 0 amide bonds. The first-order valence-electron chi connectivity index (χ1n) is 5.45. The van der Waals surface area contributed by atoms with Crippen LogP contribution in [0.1, 0.15) is 41.7 Å². The van der Waals surface area contributed by atoms with Gasteiger partial charge in [0.15, 0.2) is 0 Å². The Morgan fingerprint density at radius 3 is 2.88 bits per heavy atom. The van der Waals surface area contributed by atoms with Gasteiger partial charge in [0, 0.05) is 12.0 Å². The van der Waals surface area contributed by atoms with E-state index in [4.69, 9.17) is 4.74 Å². The molecular formula is C11H12N2O4. The van der Waals surface area contributed by atoms with Crippen molar-refractivity contribution in [2.75, 3.05) is 6.61 Å². The molecule has 0 bridgehead atoms. The highest BCUT2D eigenvalue weighted by Gasteiger charge is 2.31. The second kappa shape index (κ2) is 4.48. The zero-order chi connectivity index (χ0) is 12.4. The molecule has 0 atom stereocenters. The molecule has 1 aliphatic rings. The number of esters is 1. The molecule has 0 saturated heterocycles. The predicted octanol–water partition coefficient (Wildman–Crippen LogP) is 2.04. The molecule has 1 saturated carbocycles. The van der Waals surface area contributed by atoms with Crippen LogP contribution >= 0.6 is 0 Å². The summed E-state index contributed by atoms with van der Waals surface area (Å²) in [4.78, 5) is 25.8. The molecule has 0 unspecified atom stereocenters. The molecule has 6 nitrogen and oxygen atoms in total. The van der Waals surface area contributed by atoms with Crippen molar-refractivity contribution in [2.24, 2.45) is 0 Å². The Morgan fingerprint density at radius 2 is 2.35 bits per heavy atom. The van der Waals surface area contributed by atoms with Crippen molar-refractivity contribution in [1.29, 1.82) is 0 Å². The van der Waals surface area contributed by atoms with E-state index in [2.05, 4.69) is 4.98 Å². The van der Waals surface area contributed by atoms with Crippen LogP contribution in [-0.2, 0) is 4.74 Å². The average molecular weight is 236 g/mol. The number of ether oxygens (including phenoxy) is 1. The van der Waals surface area contributed by atoms with Gasteiger partial charge in [-0.15, -0.1) is 0 Å². The monoisotopic (exact) mass is 236 g/mol. The minimum Gasteiger partial charge on any atom is -0.462 e. The van der Waals surface area contributed by atoms with Crippen molar-refractivity contribution in [3.8, 4) is 0 Å². The van der Waals surface area contributed by atoms with Gasteiger partial charge in [0.25, 0.3) is 5.69 Å². The van der Waals surface area contributed by atoms with E-state index in [9.17, 15) is 14.9 Å². The van der Waals surface area contributed by atoms with Crippen LogP contribution in [0.5, 0.6) is 0 Å². The van der Waals surface area contributed by atoms with E-state index in [1.54, 1.807) is 6.92 Å². The maximum absolute atomic E-state index is 11.7. The van der Waals surface area contributed by atoms with Crippen LogP contribution in [0, 0.1) is 10.1 Å². The zero-order valence-corrected chi connectivity index (χ0v) is 9.38. The van der Waals surface area contributed by atoms with Crippen LogP contribution in [0.2, 0.25) is 0 Å². The second-order valence-electron chi connectivity index (χ2n) is 3.88. The third kappa shape index (κ3) is 2.41. The van der Waals surface area contributed by atoms with Crippen LogP contribution < -0.4 is 0 Å². The first kappa shape index (κ1) is 11.5. The second-order valence-corrected chi connectivity index (χ2v) is 3.88. The van der Waals surface area contributed by atoms with Crippen molar-refractivity contribution in [3.05, 3.63) is 33.6 Å². The third-order valence-electron chi connectivity index (χ3n) is 2.57. The third-order valence-corrected chi connectivity index (χ3v) is 2.57. The fourth-order valence-corrected chi connectivity index (χ4v) is 1.62. The first-order valence-corrected chi connectivity index (χ1v) is 5.45. The quantitative estimate of drug-likeness (QED) is 0.454. The Morgan fingerprint density at radius 1 is 1.65 bits per heavy atom. The number of nitro groups is 1. The number of aromatic nitrogens is 1. The normalized spacial score (nSPS) is 14.4. The lowest BCUT2D eigenvalue weighted by Gasteiger charge is -2.06. The Bertz CT molecular complexity index is 469. The summed E-state index contributed by atoms with van der Waals surface area (Å²) in [6, 6.07) is 1.25. The predicted molar refractivity (Wildman–Crippen MR) is 58.8 cm³/mol. The Balaban J connectivity index is 2.39. The van der Waals surface area contributed by atoms with Gasteiger partial charge in [-0.25, -0.2) is 4.79 Å². The van der Waals surface area contributed by atoms with E-state index in [1.807, 2.05) is 0 Å². The van der Waals surface area contributed by atoms with E-state index in [0.29, 0.717) is 5.69 Å². The van der Waals surface area contributed by atoms with Gasteiger partial charge >= 0.3 is 5.97 Å². The number of carbonyl (C=O) groups excluding carboxylic acids is 1. The van der Waals surface area contributed by atoms with Gasteiger partial charge in [-0.05, 0) is 19.8 Å². The van der Waals surface area contributed by atoms with Crippen LogP contribution in [0.4, 0.5) is 5.69 Å². The maximum atomic E-state index is 11.7. The summed E-state index contributed by atoms with van der Waals surface area (Å²) in [5, 5.41) is 10.6. The number of carbonyl (C=O) groups is 1. The highest BCUT2D eigenvalue weighted by molar-refractivity contribution is 5.91. The molecule has 0 aromatic carbocycles. The fraction of sp³-hybridized carbons (Fsp3) is 0.455. The van der Waals surface area contributed by atoms with Crippen molar-refractivity contribution < 1.29 is 14.5 Å². The van der Waals surface area contributed by atoms with Crippen LogP contribution in [0.3, 0.4) is 0 Å². The van der Waals surface area contributed by atoms with E-state index in [0.717, 1.165) is 12.8 Å². The van der Waals surface area contributed by atoms with E-state index in [1.165, 1.54) is 12.3 Å². The van der Waals surface area contributed by atoms with Crippen molar-refractivity contribution in [1.82, 2.24) is 4.98 Å². The summed E-state index contributed by atoms with van der Waals surface area (Å²) >= 11 is 0. The standard InChI is InChI=1S/C11H12N2O4/c1-2-17-11(14)9-5-8(13(15)16)6-12-10(9)7-3-4-7/h5-7H,2-4H2,1H3. The smallest absolute Gasteiger partial charge is 0.340 e. The van der Waals surface area contributed by atoms with Gasteiger partial charge in [0.05, 0.1) is 22.8 Å². The van der Waals surface area contributed by atoms with Gasteiger partial charge in [-0.2, -0.15) is 0 Å². The van der Waals surface area contributed by atoms with E-state index in [-0.39, 0.29) is 23.8 Å². The van der Waals surface area contributed by atoms with Crippen LogP contribution in [-0.4, -0.2) is 22.5 Å². The van der Waals surface area contributed by atoms with Gasteiger partial charge in [-0.1, -0.05) is 0 Å². The van der Waals surface area contributed by atoms with Crippen LogP contribution in [0.25, 0.3) is 0 Å².